The largest absolute Gasteiger partial charge is 0.381 e. The van der Waals surface area contributed by atoms with E-state index in [-0.39, 0.29) is 5.60 Å². The van der Waals surface area contributed by atoms with Crippen LogP contribution in [0.1, 0.15) is 39.0 Å². The third-order valence-electron chi connectivity index (χ3n) is 4.52. The van der Waals surface area contributed by atoms with Crippen molar-refractivity contribution >= 4 is 0 Å². The van der Waals surface area contributed by atoms with E-state index in [9.17, 15) is 0 Å². The Labute approximate surface area is 117 Å². The van der Waals surface area contributed by atoms with Gasteiger partial charge in [-0.05, 0) is 45.1 Å². The number of nitrogens with one attached hydrogen (secondary N) is 1. The molecule has 2 rings (SSSR count). The molecule has 1 spiro atoms. The van der Waals surface area contributed by atoms with Gasteiger partial charge in [0.25, 0.3) is 0 Å². The van der Waals surface area contributed by atoms with Gasteiger partial charge in [0.2, 0.25) is 0 Å². The Bertz CT molecular complexity index is 248. The second-order valence-corrected chi connectivity index (χ2v) is 5.87. The molecular formula is C15H29NO3. The lowest BCUT2D eigenvalue weighted by atomic mass is 9.78. The maximum absolute atomic E-state index is 6.11. The molecule has 2 aliphatic heterocycles. The summed E-state index contributed by atoms with van der Waals surface area (Å²) < 4.78 is 17.3. The van der Waals surface area contributed by atoms with E-state index in [0.29, 0.717) is 12.0 Å². The topological polar surface area (TPSA) is 39.7 Å². The smallest absolute Gasteiger partial charge is 0.0729 e. The average Bonchev–Trinajstić information content (AvgIpc) is 2.44. The van der Waals surface area contributed by atoms with Crippen LogP contribution in [0, 0.1) is 5.92 Å². The van der Waals surface area contributed by atoms with Crippen LogP contribution in [-0.4, -0.2) is 51.7 Å². The van der Waals surface area contributed by atoms with Crippen LogP contribution in [0.3, 0.4) is 0 Å². The highest BCUT2D eigenvalue weighted by Crippen LogP contribution is 2.38. The minimum Gasteiger partial charge on any atom is -0.381 e. The number of rotatable bonds is 6. The number of ether oxygens (including phenoxy) is 3. The zero-order valence-corrected chi connectivity index (χ0v) is 12.5. The van der Waals surface area contributed by atoms with Crippen LogP contribution in [0.5, 0.6) is 0 Å². The standard InChI is InChI=1S/C15H29NO3/c1-3-7-18-12-14(16-2)13-4-8-19-15(11-13)5-9-17-10-6-15/h13-14,16H,3-12H2,1-2H3. The minimum atomic E-state index is 0.0843. The first kappa shape index (κ1) is 15.2. The summed E-state index contributed by atoms with van der Waals surface area (Å²) >= 11 is 0. The summed E-state index contributed by atoms with van der Waals surface area (Å²) in [7, 11) is 2.05. The molecule has 0 aliphatic carbocycles. The quantitative estimate of drug-likeness (QED) is 0.750. The van der Waals surface area contributed by atoms with Gasteiger partial charge >= 0.3 is 0 Å². The first-order valence-electron chi connectivity index (χ1n) is 7.76. The van der Waals surface area contributed by atoms with Crippen molar-refractivity contribution < 1.29 is 14.2 Å². The summed E-state index contributed by atoms with van der Waals surface area (Å²) in [5, 5.41) is 3.44. The van der Waals surface area contributed by atoms with Crippen molar-refractivity contribution in [2.24, 2.45) is 5.92 Å². The first-order chi connectivity index (χ1) is 9.29. The second-order valence-electron chi connectivity index (χ2n) is 5.87. The highest BCUT2D eigenvalue weighted by atomic mass is 16.5. The molecule has 4 nitrogen and oxygen atoms in total. The zero-order valence-electron chi connectivity index (χ0n) is 12.5. The minimum absolute atomic E-state index is 0.0843. The van der Waals surface area contributed by atoms with Gasteiger partial charge in [-0.15, -0.1) is 0 Å². The Hall–Kier alpha value is -0.160. The van der Waals surface area contributed by atoms with Crippen LogP contribution in [-0.2, 0) is 14.2 Å². The molecule has 0 aromatic carbocycles. The van der Waals surface area contributed by atoms with Crippen LogP contribution >= 0.6 is 0 Å². The van der Waals surface area contributed by atoms with Crippen LogP contribution in [0.4, 0.5) is 0 Å². The molecule has 19 heavy (non-hydrogen) atoms. The maximum Gasteiger partial charge on any atom is 0.0729 e. The lowest BCUT2D eigenvalue weighted by molar-refractivity contribution is -0.151. The molecule has 0 saturated carbocycles. The van der Waals surface area contributed by atoms with E-state index in [1.165, 1.54) is 0 Å². The second kappa shape index (κ2) is 7.58. The third kappa shape index (κ3) is 4.15. The van der Waals surface area contributed by atoms with E-state index >= 15 is 0 Å². The summed E-state index contributed by atoms with van der Waals surface area (Å²) in [5.41, 5.74) is 0.0843. The normalized spacial score (nSPS) is 28.4. The Morgan fingerprint density at radius 1 is 1.32 bits per heavy atom. The van der Waals surface area contributed by atoms with Gasteiger partial charge in [0.15, 0.2) is 0 Å². The van der Waals surface area contributed by atoms with Gasteiger partial charge in [0.1, 0.15) is 0 Å². The van der Waals surface area contributed by atoms with Gasteiger partial charge in [-0.25, -0.2) is 0 Å². The lowest BCUT2D eigenvalue weighted by Gasteiger charge is -2.45. The molecule has 2 heterocycles. The third-order valence-corrected chi connectivity index (χ3v) is 4.52. The van der Waals surface area contributed by atoms with E-state index in [2.05, 4.69) is 12.2 Å². The van der Waals surface area contributed by atoms with Gasteiger partial charge < -0.3 is 19.5 Å². The molecule has 2 atom stereocenters. The average molecular weight is 271 g/mol. The highest BCUT2D eigenvalue weighted by molar-refractivity contribution is 4.92. The van der Waals surface area contributed by atoms with Crippen LogP contribution in [0.2, 0.25) is 0 Å². The summed E-state index contributed by atoms with van der Waals surface area (Å²) in [6.45, 7) is 6.42. The molecule has 4 heteroatoms. The Morgan fingerprint density at radius 2 is 2.11 bits per heavy atom. The molecule has 0 aromatic heterocycles. The molecule has 112 valence electrons. The number of likely N-dealkylation sites (N-methyl/N-ethyl adjacent to an activating group) is 1. The molecule has 2 aliphatic rings. The zero-order chi connectivity index (χ0) is 13.6. The van der Waals surface area contributed by atoms with Crippen molar-refractivity contribution in [3.63, 3.8) is 0 Å². The van der Waals surface area contributed by atoms with Crippen molar-refractivity contribution in [1.82, 2.24) is 5.32 Å². The van der Waals surface area contributed by atoms with E-state index in [4.69, 9.17) is 14.2 Å². The van der Waals surface area contributed by atoms with Gasteiger partial charge in [0.05, 0.1) is 12.2 Å². The summed E-state index contributed by atoms with van der Waals surface area (Å²) in [4.78, 5) is 0. The summed E-state index contributed by atoms with van der Waals surface area (Å²) in [6.07, 6.45) is 5.48. The fraction of sp³-hybridized carbons (Fsp3) is 1.00. The molecule has 1 N–H and O–H groups in total. The van der Waals surface area contributed by atoms with Gasteiger partial charge in [0, 0.05) is 32.5 Å². The van der Waals surface area contributed by atoms with Crippen LogP contribution in [0.15, 0.2) is 0 Å². The first-order valence-corrected chi connectivity index (χ1v) is 7.76. The molecule has 0 aromatic rings. The van der Waals surface area contributed by atoms with Crippen molar-refractivity contribution in [3.05, 3.63) is 0 Å². The molecule has 2 fully saturated rings. The van der Waals surface area contributed by atoms with E-state index in [0.717, 1.165) is 65.1 Å². The van der Waals surface area contributed by atoms with E-state index in [1.54, 1.807) is 0 Å². The monoisotopic (exact) mass is 271 g/mol. The molecule has 2 unspecified atom stereocenters. The van der Waals surface area contributed by atoms with E-state index < -0.39 is 0 Å². The van der Waals surface area contributed by atoms with Gasteiger partial charge in [-0.2, -0.15) is 0 Å². The predicted octanol–water partition coefficient (Wildman–Crippen LogP) is 1.98. The Kier molecular flexibility index (Phi) is 6.07. The molecule has 2 saturated heterocycles. The molecular weight excluding hydrogens is 242 g/mol. The molecule has 0 amide bonds. The predicted molar refractivity (Wildman–Crippen MR) is 75.4 cm³/mol. The maximum atomic E-state index is 6.11. The summed E-state index contributed by atoms with van der Waals surface area (Å²) in [5.74, 6) is 0.661. The van der Waals surface area contributed by atoms with Crippen LogP contribution in [0.25, 0.3) is 0 Å². The fourth-order valence-corrected chi connectivity index (χ4v) is 3.31. The number of hydrogen-bond donors (Lipinski definition) is 1. The summed E-state index contributed by atoms with van der Waals surface area (Å²) in [6, 6.07) is 0.454. The van der Waals surface area contributed by atoms with Gasteiger partial charge in [-0.3, -0.25) is 0 Å². The van der Waals surface area contributed by atoms with Crippen molar-refractivity contribution in [2.75, 3.05) is 40.1 Å². The Balaban J connectivity index is 1.87. The lowest BCUT2D eigenvalue weighted by Crippen LogP contribution is -2.50. The van der Waals surface area contributed by atoms with Crippen molar-refractivity contribution in [3.8, 4) is 0 Å². The SMILES string of the molecule is CCCOCC(NC)C1CCOC2(CCOCC2)C1. The fourth-order valence-electron chi connectivity index (χ4n) is 3.31. The van der Waals surface area contributed by atoms with Crippen molar-refractivity contribution in [2.45, 2.75) is 50.7 Å². The number of hydrogen-bond acceptors (Lipinski definition) is 4. The Morgan fingerprint density at radius 3 is 2.79 bits per heavy atom. The van der Waals surface area contributed by atoms with Gasteiger partial charge in [-0.1, -0.05) is 6.92 Å². The molecule has 0 radical (unpaired) electrons. The van der Waals surface area contributed by atoms with Crippen LogP contribution < -0.4 is 5.32 Å². The molecule has 0 bridgehead atoms. The van der Waals surface area contributed by atoms with E-state index in [1.807, 2.05) is 7.05 Å². The van der Waals surface area contributed by atoms with Crippen molar-refractivity contribution in [1.29, 1.82) is 0 Å². The highest BCUT2D eigenvalue weighted by Gasteiger charge is 2.40.